The summed E-state index contributed by atoms with van der Waals surface area (Å²) in [6.45, 7) is 8.99. The summed E-state index contributed by atoms with van der Waals surface area (Å²) in [5, 5.41) is 19.6. The minimum Gasteiger partial charge on any atom is -0.300 e. The van der Waals surface area contributed by atoms with Crippen LogP contribution in [-0.2, 0) is 4.79 Å². The van der Waals surface area contributed by atoms with Crippen LogP contribution in [0.2, 0.25) is 0 Å². The molecule has 11 rings (SSSR count). The molecule has 9 nitrogen and oxygen atoms in total. The largest absolute Gasteiger partial charge is 0.300 e. The van der Waals surface area contributed by atoms with Crippen LogP contribution in [0.4, 0.5) is 0 Å². The predicted molar refractivity (Wildman–Crippen MR) is 281 cm³/mol. The molecule has 0 saturated carbocycles. The van der Waals surface area contributed by atoms with Crippen LogP contribution in [0.15, 0.2) is 207 Å². The smallest absolute Gasteiger partial charge is 0.134 e. The van der Waals surface area contributed by atoms with E-state index < -0.39 is 7.92 Å². The van der Waals surface area contributed by atoms with Crippen LogP contribution in [-0.4, -0.2) is 55.2 Å². The molecule has 0 N–H and O–H groups in total. The van der Waals surface area contributed by atoms with Crippen molar-refractivity contribution in [3.63, 3.8) is 0 Å². The van der Waals surface area contributed by atoms with Gasteiger partial charge in [0.2, 0.25) is 0 Å². The lowest BCUT2D eigenvalue weighted by Gasteiger charge is -2.48. The van der Waals surface area contributed by atoms with Gasteiger partial charge in [0, 0.05) is 35.1 Å². The number of carbonyl (C=O) groups is 1. The Hall–Kier alpha value is -7.31. The molecule has 0 aliphatic carbocycles. The number of hydrogen-bond donors (Lipinski definition) is 0. The molecule has 1 unspecified atom stereocenters. The number of benzene rings is 6. The summed E-state index contributed by atoms with van der Waals surface area (Å²) in [6, 6.07) is 66.1. The van der Waals surface area contributed by atoms with Crippen LogP contribution in [0, 0.1) is 0 Å². The topological polar surface area (TPSA) is 88.3 Å². The highest BCUT2D eigenvalue weighted by Gasteiger charge is 2.49. The maximum Gasteiger partial charge on any atom is 0.134 e. The lowest BCUT2D eigenvalue weighted by atomic mass is 9.97. The van der Waals surface area contributed by atoms with E-state index in [0.717, 1.165) is 73.2 Å². The van der Waals surface area contributed by atoms with Crippen molar-refractivity contribution in [3.8, 4) is 67.8 Å². The number of rotatable bonds is 9. The molecule has 1 atom stereocenters. The first kappa shape index (κ1) is 44.5. The average Bonchev–Trinajstić information content (AvgIpc) is 4.18. The normalized spacial score (nSPS) is 14.3. The van der Waals surface area contributed by atoms with Crippen molar-refractivity contribution in [2.24, 2.45) is 0 Å². The van der Waals surface area contributed by atoms with Crippen molar-refractivity contribution < 1.29 is 4.79 Å². The standard InChI is InChI=1S/C33H33N4OP.C24H19N4P/c1-32(2)22-27(38)23-33(3,4)39(32)28-20-21-34-37(28)31-29(24-14-8-5-9-15-24)35-36(26-18-12-7-13-19-26)30(31)25-16-10-6-11-17-25;29-21-16-17-25-28(21)24-22(18-10-4-1-5-11-18)26-27(20-14-8-3-9-15-20)23(24)19-12-6-2-7-13-19/h5-21H,22-23H2,1-4H3;1-17H,29H2. The van der Waals surface area contributed by atoms with Gasteiger partial charge in [-0.05, 0) is 54.6 Å². The first-order chi connectivity index (χ1) is 33.1. The molecule has 4 aromatic heterocycles. The molecule has 0 radical (unpaired) electrons. The lowest BCUT2D eigenvalue weighted by molar-refractivity contribution is -0.120. The highest BCUT2D eigenvalue weighted by molar-refractivity contribution is 7.68. The van der Waals surface area contributed by atoms with Gasteiger partial charge in [0.25, 0.3) is 0 Å². The van der Waals surface area contributed by atoms with E-state index in [1.165, 1.54) is 5.44 Å². The molecule has 11 heteroatoms. The minimum atomic E-state index is -0.752. The van der Waals surface area contributed by atoms with E-state index in [-0.39, 0.29) is 10.3 Å². The van der Waals surface area contributed by atoms with Crippen molar-refractivity contribution >= 4 is 33.8 Å². The summed E-state index contributed by atoms with van der Waals surface area (Å²) >= 11 is 0. The van der Waals surface area contributed by atoms with E-state index in [1.807, 2.05) is 117 Å². The van der Waals surface area contributed by atoms with Crippen molar-refractivity contribution in [3.05, 3.63) is 207 Å². The number of ketones is 1. The third-order valence-electron chi connectivity index (χ3n) is 12.3. The molecule has 1 fully saturated rings. The molecule has 0 amide bonds. The molecule has 1 saturated heterocycles. The quantitative estimate of drug-likeness (QED) is 0.135. The number of carbonyl (C=O) groups excluding carboxylic acids is 1. The fraction of sp³-hybridized carbons (Fsp3) is 0.140. The first-order valence-corrected chi connectivity index (χ1v) is 24.8. The zero-order valence-electron chi connectivity index (χ0n) is 38.6. The van der Waals surface area contributed by atoms with E-state index in [2.05, 4.69) is 150 Å². The Bertz CT molecular complexity index is 3290. The van der Waals surface area contributed by atoms with Gasteiger partial charge in [-0.25, -0.2) is 18.7 Å². The summed E-state index contributed by atoms with van der Waals surface area (Å²) in [5.74, 6) is 0.349. The number of aromatic nitrogens is 8. The van der Waals surface area contributed by atoms with E-state index in [9.17, 15) is 4.79 Å². The number of nitrogens with zero attached hydrogens (tertiary/aromatic N) is 8. The Morgan fingerprint density at radius 3 is 1.19 bits per heavy atom. The zero-order chi connectivity index (χ0) is 46.8. The van der Waals surface area contributed by atoms with Gasteiger partial charge in [0.05, 0.1) is 34.6 Å². The fourth-order valence-corrected chi connectivity index (χ4v) is 14.2. The second kappa shape index (κ2) is 18.8. The maximum atomic E-state index is 12.8. The van der Waals surface area contributed by atoms with Crippen molar-refractivity contribution in [1.29, 1.82) is 0 Å². The van der Waals surface area contributed by atoms with Crippen LogP contribution in [0.5, 0.6) is 0 Å². The van der Waals surface area contributed by atoms with E-state index >= 15 is 0 Å². The van der Waals surface area contributed by atoms with Crippen LogP contribution >= 0.6 is 17.2 Å². The summed E-state index contributed by atoms with van der Waals surface area (Å²) in [4.78, 5) is 12.8. The second-order valence-corrected chi connectivity index (χ2v) is 22.3. The molecule has 6 aromatic carbocycles. The van der Waals surface area contributed by atoms with Crippen LogP contribution < -0.4 is 10.9 Å². The summed E-state index contributed by atoms with van der Waals surface area (Å²) < 4.78 is 8.13. The Labute approximate surface area is 401 Å². The Balaban J connectivity index is 0.000000165. The molecule has 5 heterocycles. The summed E-state index contributed by atoms with van der Waals surface area (Å²) in [5.41, 5.74) is 14.1. The SMILES string of the molecule is CC1(C)CC(=O)CC(C)(C)P1c1ccnn1-c1c(-c2ccccc2)nn(-c2ccccc2)c1-c1ccccc1.Pc1ccnn1-c1c(-c2ccccc2)nn(-c2ccccc2)c1-c1ccccc1. The van der Waals surface area contributed by atoms with Gasteiger partial charge in [-0.2, -0.15) is 20.4 Å². The number of Topliss-reactive ketones (excluding diaryl/α,β-unsaturated/α-hetero) is 1. The monoisotopic (exact) mass is 926 g/mol. The molecule has 1 aliphatic rings. The summed E-state index contributed by atoms with van der Waals surface area (Å²) in [7, 11) is 2.02. The van der Waals surface area contributed by atoms with Gasteiger partial charge in [0.1, 0.15) is 39.9 Å². The van der Waals surface area contributed by atoms with Crippen LogP contribution in [0.3, 0.4) is 0 Å². The van der Waals surface area contributed by atoms with Gasteiger partial charge in [-0.3, -0.25) is 4.79 Å². The number of para-hydroxylation sites is 2. The van der Waals surface area contributed by atoms with Crippen molar-refractivity contribution in [1.82, 2.24) is 39.1 Å². The van der Waals surface area contributed by atoms with Gasteiger partial charge >= 0.3 is 0 Å². The molecule has 336 valence electrons. The van der Waals surface area contributed by atoms with Crippen molar-refractivity contribution in [2.45, 2.75) is 50.8 Å². The molecule has 1 aliphatic heterocycles. The van der Waals surface area contributed by atoms with Gasteiger partial charge < -0.3 is 0 Å². The molecule has 10 aromatic rings. The third-order valence-corrected chi connectivity index (χ3v) is 16.3. The first-order valence-electron chi connectivity index (χ1n) is 22.8. The fourth-order valence-electron chi connectivity index (χ4n) is 9.79. The Kier molecular flexibility index (Phi) is 12.3. The predicted octanol–water partition coefficient (Wildman–Crippen LogP) is 12.3. The molecular weight excluding hydrogens is 875 g/mol. The Morgan fingerprint density at radius 2 is 0.794 bits per heavy atom. The van der Waals surface area contributed by atoms with E-state index in [1.54, 1.807) is 0 Å². The van der Waals surface area contributed by atoms with Crippen LogP contribution in [0.1, 0.15) is 40.5 Å². The zero-order valence-corrected chi connectivity index (χ0v) is 40.6. The van der Waals surface area contributed by atoms with E-state index in [4.69, 9.17) is 15.3 Å². The second-order valence-electron chi connectivity index (χ2n) is 18.2. The highest BCUT2D eigenvalue weighted by atomic mass is 31.1. The molecule has 68 heavy (non-hydrogen) atoms. The van der Waals surface area contributed by atoms with Gasteiger partial charge in [-0.1, -0.05) is 195 Å². The van der Waals surface area contributed by atoms with Crippen LogP contribution in [0.25, 0.3) is 67.8 Å². The molecule has 0 spiro atoms. The maximum absolute atomic E-state index is 12.8. The molecule has 0 bridgehead atoms. The number of hydrogen-bond acceptors (Lipinski definition) is 5. The van der Waals surface area contributed by atoms with E-state index in [0.29, 0.717) is 18.6 Å². The van der Waals surface area contributed by atoms with Gasteiger partial charge in [0.15, 0.2) is 0 Å². The molecular formula is C57H52N8OP2. The minimum absolute atomic E-state index is 0.152. The summed E-state index contributed by atoms with van der Waals surface area (Å²) in [6.07, 6.45) is 4.90. The Morgan fingerprint density at radius 1 is 0.441 bits per heavy atom. The average molecular weight is 927 g/mol. The lowest BCUT2D eigenvalue weighted by Crippen LogP contribution is -2.44. The third kappa shape index (κ3) is 8.60. The highest BCUT2D eigenvalue weighted by Crippen LogP contribution is 2.64. The van der Waals surface area contributed by atoms with Crippen molar-refractivity contribution in [2.75, 3.05) is 0 Å². The van der Waals surface area contributed by atoms with Gasteiger partial charge in [-0.15, -0.1) is 0 Å².